The van der Waals surface area contributed by atoms with Crippen LogP contribution in [0, 0.1) is 11.2 Å². The van der Waals surface area contributed by atoms with Crippen LogP contribution in [0.3, 0.4) is 0 Å². The average Bonchev–Trinajstić information content (AvgIpc) is 2.38. The molecule has 19 heavy (non-hydrogen) atoms. The average molecular weight is 259 g/mol. The molecule has 0 atom stereocenters. The van der Waals surface area contributed by atoms with Crippen molar-refractivity contribution in [3.05, 3.63) is 47.4 Å². The standard InChI is InChI=1S/C13H10FN3O2/c14-9-4-7(3-8(5-9)13(18)19)11-2-1-10(16)12(6-15)17-11/h1-6,15H,16H2,(H,18,19). The molecule has 6 heteroatoms. The van der Waals surface area contributed by atoms with E-state index in [2.05, 4.69) is 4.98 Å². The summed E-state index contributed by atoms with van der Waals surface area (Å²) < 4.78 is 13.4. The van der Waals surface area contributed by atoms with Crippen molar-refractivity contribution < 1.29 is 14.3 Å². The van der Waals surface area contributed by atoms with Gasteiger partial charge in [-0.15, -0.1) is 0 Å². The predicted molar refractivity (Wildman–Crippen MR) is 68.9 cm³/mol. The number of nitrogens with zero attached hydrogens (tertiary/aromatic N) is 1. The summed E-state index contributed by atoms with van der Waals surface area (Å²) in [6, 6.07) is 6.51. The first-order valence-corrected chi connectivity index (χ1v) is 5.32. The Bertz CT molecular complexity index is 671. The number of carboxylic acid groups (broad SMARTS) is 1. The molecule has 96 valence electrons. The maximum atomic E-state index is 13.4. The molecule has 0 saturated carbocycles. The molecule has 0 radical (unpaired) electrons. The number of hydrogen-bond acceptors (Lipinski definition) is 4. The second-order valence-electron chi connectivity index (χ2n) is 3.85. The fourth-order valence-corrected chi connectivity index (χ4v) is 1.62. The molecule has 0 amide bonds. The Balaban J connectivity index is 2.58. The van der Waals surface area contributed by atoms with Crippen molar-refractivity contribution in [2.75, 3.05) is 5.73 Å². The molecule has 0 spiro atoms. The molecule has 0 aliphatic rings. The Morgan fingerprint density at radius 2 is 2.11 bits per heavy atom. The van der Waals surface area contributed by atoms with E-state index >= 15 is 0 Å². The van der Waals surface area contributed by atoms with Gasteiger partial charge in [-0.3, -0.25) is 0 Å². The van der Waals surface area contributed by atoms with Gasteiger partial charge < -0.3 is 16.2 Å². The third kappa shape index (κ3) is 2.57. The Morgan fingerprint density at radius 1 is 1.37 bits per heavy atom. The molecule has 0 bridgehead atoms. The quantitative estimate of drug-likeness (QED) is 0.735. The highest BCUT2D eigenvalue weighted by atomic mass is 19.1. The summed E-state index contributed by atoms with van der Waals surface area (Å²) >= 11 is 0. The van der Waals surface area contributed by atoms with Gasteiger partial charge in [-0.1, -0.05) is 0 Å². The maximum absolute atomic E-state index is 13.4. The first-order valence-electron chi connectivity index (χ1n) is 5.32. The molecule has 4 N–H and O–H groups in total. The molecule has 5 nitrogen and oxygen atoms in total. The molecule has 0 fully saturated rings. The minimum absolute atomic E-state index is 0.162. The number of carboxylic acids is 1. The second-order valence-corrected chi connectivity index (χ2v) is 3.85. The van der Waals surface area contributed by atoms with Gasteiger partial charge >= 0.3 is 5.97 Å². The van der Waals surface area contributed by atoms with Gasteiger partial charge in [-0.05, 0) is 30.3 Å². The molecule has 0 aliphatic carbocycles. The number of rotatable bonds is 3. The number of nitrogens with one attached hydrogen (secondary N) is 1. The number of nitrogens with two attached hydrogens (primary N) is 1. The number of pyridine rings is 1. The fourth-order valence-electron chi connectivity index (χ4n) is 1.62. The van der Waals surface area contributed by atoms with Crippen LogP contribution in [0.4, 0.5) is 10.1 Å². The summed E-state index contributed by atoms with van der Waals surface area (Å²) in [4.78, 5) is 14.9. The van der Waals surface area contributed by atoms with Crippen LogP contribution in [0.1, 0.15) is 16.1 Å². The minimum atomic E-state index is -1.22. The normalized spacial score (nSPS) is 10.2. The van der Waals surface area contributed by atoms with Crippen LogP contribution in [0.2, 0.25) is 0 Å². The van der Waals surface area contributed by atoms with Crippen LogP contribution in [-0.2, 0) is 0 Å². The summed E-state index contributed by atoms with van der Waals surface area (Å²) in [6.07, 6.45) is 0.982. The fraction of sp³-hybridized carbons (Fsp3) is 0. The van der Waals surface area contributed by atoms with Gasteiger partial charge in [0.15, 0.2) is 0 Å². The van der Waals surface area contributed by atoms with Crippen LogP contribution >= 0.6 is 0 Å². The van der Waals surface area contributed by atoms with E-state index in [1.54, 1.807) is 6.07 Å². The van der Waals surface area contributed by atoms with Crippen molar-refractivity contribution in [3.8, 4) is 11.3 Å². The molecule has 0 aliphatic heterocycles. The number of carbonyl (C=O) groups is 1. The molecule has 0 saturated heterocycles. The van der Waals surface area contributed by atoms with Gasteiger partial charge in [0.25, 0.3) is 0 Å². The van der Waals surface area contributed by atoms with Crippen LogP contribution in [-0.4, -0.2) is 22.3 Å². The number of aromatic nitrogens is 1. The second kappa shape index (κ2) is 4.85. The van der Waals surface area contributed by atoms with E-state index in [0.29, 0.717) is 16.9 Å². The molecule has 2 rings (SSSR count). The van der Waals surface area contributed by atoms with E-state index in [1.165, 1.54) is 18.2 Å². The number of hydrogen-bond donors (Lipinski definition) is 3. The van der Waals surface area contributed by atoms with Crippen molar-refractivity contribution in [1.29, 1.82) is 5.41 Å². The van der Waals surface area contributed by atoms with E-state index in [4.69, 9.17) is 16.2 Å². The van der Waals surface area contributed by atoms with Crippen LogP contribution < -0.4 is 5.73 Å². The van der Waals surface area contributed by atoms with Gasteiger partial charge in [-0.2, -0.15) is 0 Å². The lowest BCUT2D eigenvalue weighted by Gasteiger charge is -2.06. The number of nitrogen functional groups attached to an aromatic ring is 1. The lowest BCUT2D eigenvalue weighted by Crippen LogP contribution is -2.00. The molecule has 1 aromatic heterocycles. The van der Waals surface area contributed by atoms with Gasteiger partial charge in [0.1, 0.15) is 11.5 Å². The maximum Gasteiger partial charge on any atom is 0.335 e. The molecular formula is C13H10FN3O2. The summed E-state index contributed by atoms with van der Waals surface area (Å²) in [7, 11) is 0. The third-order valence-electron chi connectivity index (χ3n) is 2.53. The van der Waals surface area contributed by atoms with Gasteiger partial charge in [0, 0.05) is 11.8 Å². The van der Waals surface area contributed by atoms with Crippen molar-refractivity contribution in [2.24, 2.45) is 0 Å². The molecule has 1 aromatic carbocycles. The third-order valence-corrected chi connectivity index (χ3v) is 2.53. The van der Waals surface area contributed by atoms with E-state index in [0.717, 1.165) is 12.3 Å². The van der Waals surface area contributed by atoms with Crippen LogP contribution in [0.5, 0.6) is 0 Å². The summed E-state index contributed by atoms with van der Waals surface area (Å²) in [5.74, 6) is -1.88. The highest BCUT2D eigenvalue weighted by Gasteiger charge is 2.10. The monoisotopic (exact) mass is 259 g/mol. The van der Waals surface area contributed by atoms with Crippen molar-refractivity contribution in [1.82, 2.24) is 4.98 Å². The minimum Gasteiger partial charge on any atom is -0.478 e. The zero-order chi connectivity index (χ0) is 14.0. The van der Waals surface area contributed by atoms with Crippen molar-refractivity contribution >= 4 is 17.9 Å². The van der Waals surface area contributed by atoms with Crippen molar-refractivity contribution in [3.63, 3.8) is 0 Å². The molecule has 2 aromatic rings. The smallest absolute Gasteiger partial charge is 0.335 e. The Morgan fingerprint density at radius 3 is 2.74 bits per heavy atom. The number of benzene rings is 1. The van der Waals surface area contributed by atoms with E-state index < -0.39 is 11.8 Å². The molecule has 1 heterocycles. The largest absolute Gasteiger partial charge is 0.478 e. The summed E-state index contributed by atoms with van der Waals surface area (Å²) in [5, 5.41) is 16.0. The van der Waals surface area contributed by atoms with Crippen LogP contribution in [0.15, 0.2) is 30.3 Å². The number of aromatic carboxylic acids is 1. The van der Waals surface area contributed by atoms with Crippen LogP contribution in [0.25, 0.3) is 11.3 Å². The highest BCUT2D eigenvalue weighted by Crippen LogP contribution is 2.22. The topological polar surface area (TPSA) is 100 Å². The first-order chi connectivity index (χ1) is 9.01. The predicted octanol–water partition coefficient (Wildman–Crippen LogP) is 2.17. The summed E-state index contributed by atoms with van der Waals surface area (Å²) in [5.41, 5.74) is 6.69. The van der Waals surface area contributed by atoms with E-state index in [1.807, 2.05) is 0 Å². The SMILES string of the molecule is N=Cc1nc(-c2cc(F)cc(C(=O)O)c2)ccc1N. The van der Waals surface area contributed by atoms with Crippen molar-refractivity contribution in [2.45, 2.75) is 0 Å². The molecular weight excluding hydrogens is 249 g/mol. The first kappa shape index (κ1) is 12.7. The van der Waals surface area contributed by atoms with Gasteiger partial charge in [0.05, 0.1) is 16.9 Å². The molecule has 0 unspecified atom stereocenters. The van der Waals surface area contributed by atoms with E-state index in [9.17, 15) is 9.18 Å². The zero-order valence-electron chi connectivity index (χ0n) is 9.72. The highest BCUT2D eigenvalue weighted by molar-refractivity contribution is 5.89. The van der Waals surface area contributed by atoms with E-state index in [-0.39, 0.29) is 11.3 Å². The van der Waals surface area contributed by atoms with Gasteiger partial charge in [-0.25, -0.2) is 14.2 Å². The zero-order valence-corrected chi connectivity index (χ0v) is 9.72. The lowest BCUT2D eigenvalue weighted by molar-refractivity contribution is 0.0696. The Kier molecular flexibility index (Phi) is 3.24. The lowest BCUT2D eigenvalue weighted by atomic mass is 10.1. The Hall–Kier alpha value is -2.76. The number of halogens is 1. The van der Waals surface area contributed by atoms with Gasteiger partial charge in [0.2, 0.25) is 0 Å². The summed E-state index contributed by atoms with van der Waals surface area (Å²) in [6.45, 7) is 0. The number of anilines is 1. The Labute approximate surface area is 108 Å².